The van der Waals surface area contributed by atoms with Crippen LogP contribution in [0.3, 0.4) is 0 Å². The second-order valence-electron chi connectivity index (χ2n) is 5.59. The minimum atomic E-state index is -0.122. The van der Waals surface area contributed by atoms with Crippen LogP contribution in [0.4, 0.5) is 0 Å². The number of carbonyl (C=O) groups is 1. The summed E-state index contributed by atoms with van der Waals surface area (Å²) < 4.78 is 11.7. The first-order chi connectivity index (χ1) is 11.3. The van der Waals surface area contributed by atoms with Crippen molar-refractivity contribution >= 4 is 17.2 Å². The quantitative estimate of drug-likeness (QED) is 0.815. The second-order valence-corrected chi connectivity index (χ2v) is 6.63. The Bertz CT molecular complexity index is 641. The molecule has 4 nitrogen and oxygen atoms in total. The monoisotopic (exact) mass is 331 g/mol. The molecule has 1 aromatic heterocycles. The van der Waals surface area contributed by atoms with Crippen LogP contribution in [0.15, 0.2) is 41.8 Å². The highest BCUT2D eigenvalue weighted by Gasteiger charge is 2.25. The molecule has 3 rings (SSSR count). The molecule has 2 aromatic rings. The number of para-hydroxylation sites is 2. The Morgan fingerprint density at radius 2 is 2.09 bits per heavy atom. The summed E-state index contributed by atoms with van der Waals surface area (Å²) in [5, 5.41) is 2.00. The van der Waals surface area contributed by atoms with E-state index in [1.165, 1.54) is 0 Å². The largest absolute Gasteiger partial charge is 0.486 e. The Morgan fingerprint density at radius 1 is 1.26 bits per heavy atom. The molecule has 1 aliphatic rings. The van der Waals surface area contributed by atoms with Crippen molar-refractivity contribution in [3.05, 3.63) is 46.7 Å². The van der Waals surface area contributed by atoms with E-state index in [0.29, 0.717) is 19.6 Å². The van der Waals surface area contributed by atoms with Gasteiger partial charge in [0.15, 0.2) is 17.6 Å². The van der Waals surface area contributed by atoms with E-state index in [-0.39, 0.29) is 12.0 Å². The number of fused-ring (bicyclic) bond motifs is 1. The SMILES string of the molecule is CCCN(CC1COc2ccccc2O1)C(=O)Cc1cccs1. The van der Waals surface area contributed by atoms with Gasteiger partial charge in [-0.2, -0.15) is 0 Å². The van der Waals surface area contributed by atoms with E-state index in [1.54, 1.807) is 11.3 Å². The average Bonchev–Trinajstić information content (AvgIpc) is 3.07. The maximum absolute atomic E-state index is 12.6. The Morgan fingerprint density at radius 3 is 2.83 bits per heavy atom. The molecule has 23 heavy (non-hydrogen) atoms. The molecular weight excluding hydrogens is 310 g/mol. The van der Waals surface area contributed by atoms with E-state index in [9.17, 15) is 4.79 Å². The summed E-state index contributed by atoms with van der Waals surface area (Å²) in [6, 6.07) is 11.6. The summed E-state index contributed by atoms with van der Waals surface area (Å²) >= 11 is 1.62. The van der Waals surface area contributed by atoms with Gasteiger partial charge in [-0.15, -0.1) is 11.3 Å². The van der Waals surface area contributed by atoms with Gasteiger partial charge in [-0.1, -0.05) is 25.1 Å². The first-order valence-electron chi connectivity index (χ1n) is 7.95. The standard InChI is InChI=1S/C18H21NO3S/c1-2-9-19(18(20)11-15-6-5-10-23-15)12-14-13-21-16-7-3-4-8-17(16)22-14/h3-8,10,14H,2,9,11-13H2,1H3. The second kappa shape index (κ2) is 7.51. The zero-order chi connectivity index (χ0) is 16.1. The lowest BCUT2D eigenvalue weighted by atomic mass is 10.2. The van der Waals surface area contributed by atoms with Crippen LogP contribution in [0.25, 0.3) is 0 Å². The smallest absolute Gasteiger partial charge is 0.227 e. The van der Waals surface area contributed by atoms with Crippen LogP contribution >= 0.6 is 11.3 Å². The van der Waals surface area contributed by atoms with Crippen LogP contribution in [0.2, 0.25) is 0 Å². The fraction of sp³-hybridized carbons (Fsp3) is 0.389. The van der Waals surface area contributed by atoms with Gasteiger partial charge in [-0.3, -0.25) is 4.79 Å². The average molecular weight is 331 g/mol. The third-order valence-corrected chi connectivity index (χ3v) is 4.62. The molecule has 1 atom stereocenters. The number of amides is 1. The van der Waals surface area contributed by atoms with Crippen molar-refractivity contribution in [2.45, 2.75) is 25.9 Å². The van der Waals surface area contributed by atoms with Gasteiger partial charge in [0.1, 0.15) is 6.61 Å². The fourth-order valence-corrected chi connectivity index (χ4v) is 3.36. The Balaban J connectivity index is 1.62. The van der Waals surface area contributed by atoms with Crippen LogP contribution in [-0.2, 0) is 11.2 Å². The zero-order valence-electron chi connectivity index (χ0n) is 13.2. The zero-order valence-corrected chi connectivity index (χ0v) is 14.1. The molecule has 0 fully saturated rings. The third kappa shape index (κ3) is 4.05. The van der Waals surface area contributed by atoms with Crippen molar-refractivity contribution in [3.8, 4) is 11.5 Å². The highest BCUT2D eigenvalue weighted by atomic mass is 32.1. The number of thiophene rings is 1. The van der Waals surface area contributed by atoms with E-state index < -0.39 is 0 Å². The minimum Gasteiger partial charge on any atom is -0.486 e. The number of hydrogen-bond donors (Lipinski definition) is 0. The third-order valence-electron chi connectivity index (χ3n) is 3.74. The minimum absolute atomic E-state index is 0.122. The van der Waals surface area contributed by atoms with Crippen molar-refractivity contribution in [1.29, 1.82) is 0 Å². The van der Waals surface area contributed by atoms with Gasteiger partial charge in [0.25, 0.3) is 0 Å². The van der Waals surface area contributed by atoms with Crippen LogP contribution in [0, 0.1) is 0 Å². The predicted octanol–water partition coefficient (Wildman–Crippen LogP) is 3.37. The number of ether oxygens (including phenoxy) is 2. The molecule has 5 heteroatoms. The molecule has 2 heterocycles. The molecule has 0 radical (unpaired) electrons. The molecule has 1 aliphatic heterocycles. The normalized spacial score (nSPS) is 16.1. The van der Waals surface area contributed by atoms with Gasteiger partial charge >= 0.3 is 0 Å². The summed E-state index contributed by atoms with van der Waals surface area (Å²) in [5.41, 5.74) is 0. The summed E-state index contributed by atoms with van der Waals surface area (Å²) in [7, 11) is 0. The van der Waals surface area contributed by atoms with Crippen molar-refractivity contribution in [2.75, 3.05) is 19.7 Å². The Hall–Kier alpha value is -2.01. The van der Waals surface area contributed by atoms with E-state index in [4.69, 9.17) is 9.47 Å². The highest BCUT2D eigenvalue weighted by molar-refractivity contribution is 7.10. The topological polar surface area (TPSA) is 38.8 Å². The van der Waals surface area contributed by atoms with E-state index in [1.807, 2.05) is 46.7 Å². The summed E-state index contributed by atoms with van der Waals surface area (Å²) in [4.78, 5) is 15.5. The molecule has 0 bridgehead atoms. The predicted molar refractivity (Wildman–Crippen MR) is 91.2 cm³/mol. The van der Waals surface area contributed by atoms with Gasteiger partial charge in [0, 0.05) is 11.4 Å². The lowest BCUT2D eigenvalue weighted by Gasteiger charge is -2.31. The van der Waals surface area contributed by atoms with Crippen LogP contribution in [0.5, 0.6) is 11.5 Å². The summed E-state index contributed by atoms with van der Waals surface area (Å²) in [6.07, 6.45) is 1.27. The van der Waals surface area contributed by atoms with Crippen LogP contribution in [0.1, 0.15) is 18.2 Å². The molecular formula is C18H21NO3S. The molecule has 0 saturated heterocycles. The molecule has 1 amide bonds. The number of rotatable bonds is 6. The Labute approximate surface area is 140 Å². The van der Waals surface area contributed by atoms with E-state index >= 15 is 0 Å². The summed E-state index contributed by atoms with van der Waals surface area (Å²) in [6.45, 7) is 3.86. The highest BCUT2D eigenvalue weighted by Crippen LogP contribution is 2.31. The lowest BCUT2D eigenvalue weighted by molar-refractivity contribution is -0.132. The van der Waals surface area contributed by atoms with Gasteiger partial charge in [-0.25, -0.2) is 0 Å². The van der Waals surface area contributed by atoms with Crippen molar-refractivity contribution in [3.63, 3.8) is 0 Å². The molecule has 0 aliphatic carbocycles. The van der Waals surface area contributed by atoms with E-state index in [0.717, 1.165) is 29.3 Å². The number of carbonyl (C=O) groups excluding carboxylic acids is 1. The molecule has 0 saturated carbocycles. The van der Waals surface area contributed by atoms with Gasteiger partial charge in [-0.05, 0) is 30.0 Å². The van der Waals surface area contributed by atoms with Crippen LogP contribution < -0.4 is 9.47 Å². The van der Waals surface area contributed by atoms with Gasteiger partial charge < -0.3 is 14.4 Å². The molecule has 0 N–H and O–H groups in total. The molecule has 122 valence electrons. The lowest BCUT2D eigenvalue weighted by Crippen LogP contribution is -2.44. The fourth-order valence-electron chi connectivity index (χ4n) is 2.66. The summed E-state index contributed by atoms with van der Waals surface area (Å²) in [5.74, 6) is 1.68. The number of hydrogen-bond acceptors (Lipinski definition) is 4. The van der Waals surface area contributed by atoms with Crippen molar-refractivity contribution in [2.24, 2.45) is 0 Å². The van der Waals surface area contributed by atoms with E-state index in [2.05, 4.69) is 6.92 Å². The molecule has 1 aromatic carbocycles. The maximum atomic E-state index is 12.6. The Kier molecular flexibility index (Phi) is 5.18. The molecule has 1 unspecified atom stereocenters. The number of nitrogens with zero attached hydrogens (tertiary/aromatic N) is 1. The van der Waals surface area contributed by atoms with Crippen molar-refractivity contribution < 1.29 is 14.3 Å². The first kappa shape index (κ1) is 15.9. The first-order valence-corrected chi connectivity index (χ1v) is 8.83. The maximum Gasteiger partial charge on any atom is 0.227 e. The number of benzene rings is 1. The van der Waals surface area contributed by atoms with Crippen LogP contribution in [-0.4, -0.2) is 36.6 Å². The van der Waals surface area contributed by atoms with Gasteiger partial charge in [0.2, 0.25) is 5.91 Å². The molecule has 0 spiro atoms. The van der Waals surface area contributed by atoms with Gasteiger partial charge in [0.05, 0.1) is 13.0 Å². The van der Waals surface area contributed by atoms with Crippen molar-refractivity contribution in [1.82, 2.24) is 4.90 Å².